The van der Waals surface area contributed by atoms with Gasteiger partial charge in [-0.25, -0.2) is 0 Å². The normalized spacial score (nSPS) is 13.1. The summed E-state index contributed by atoms with van der Waals surface area (Å²) in [4.78, 5) is 11.1. The number of hydrogen-bond acceptors (Lipinski definition) is 3. The first-order valence-electron chi connectivity index (χ1n) is 4.01. The molecule has 0 aromatic heterocycles. The van der Waals surface area contributed by atoms with Crippen molar-refractivity contribution in [2.75, 3.05) is 18.6 Å². The van der Waals surface area contributed by atoms with Crippen molar-refractivity contribution in [3.63, 3.8) is 0 Å². The first-order chi connectivity index (χ1) is 5.61. The van der Waals surface area contributed by atoms with Crippen LogP contribution in [0.15, 0.2) is 0 Å². The van der Waals surface area contributed by atoms with Gasteiger partial charge in [0, 0.05) is 0 Å². The molecule has 0 radical (unpaired) electrons. The Morgan fingerprint density at radius 2 is 2.17 bits per heavy atom. The SMILES string of the molecule is CSCC(=O)NC(CO)C(C)C. The molecule has 0 aromatic carbocycles. The molecule has 0 rings (SSSR count). The summed E-state index contributed by atoms with van der Waals surface area (Å²) in [5.41, 5.74) is 0. The maximum absolute atomic E-state index is 11.1. The Morgan fingerprint density at radius 3 is 2.50 bits per heavy atom. The van der Waals surface area contributed by atoms with Crippen molar-refractivity contribution < 1.29 is 9.90 Å². The summed E-state index contributed by atoms with van der Waals surface area (Å²) in [6.07, 6.45) is 1.88. The van der Waals surface area contributed by atoms with E-state index < -0.39 is 0 Å². The van der Waals surface area contributed by atoms with Crippen LogP contribution in [0.25, 0.3) is 0 Å². The zero-order valence-corrected chi connectivity index (χ0v) is 8.65. The number of nitrogens with one attached hydrogen (secondary N) is 1. The van der Waals surface area contributed by atoms with Crippen LogP contribution in [-0.4, -0.2) is 35.7 Å². The molecule has 0 aliphatic carbocycles. The van der Waals surface area contributed by atoms with Gasteiger partial charge in [0.1, 0.15) is 0 Å². The molecule has 4 heteroatoms. The van der Waals surface area contributed by atoms with Gasteiger partial charge in [-0.05, 0) is 12.2 Å². The fourth-order valence-corrected chi connectivity index (χ4v) is 1.15. The Morgan fingerprint density at radius 1 is 1.58 bits per heavy atom. The van der Waals surface area contributed by atoms with Crippen LogP contribution >= 0.6 is 11.8 Å². The van der Waals surface area contributed by atoms with Gasteiger partial charge in [-0.15, -0.1) is 0 Å². The average molecular weight is 191 g/mol. The molecule has 0 spiro atoms. The number of thioether (sulfide) groups is 1. The number of amides is 1. The van der Waals surface area contributed by atoms with Crippen LogP contribution in [0.5, 0.6) is 0 Å². The van der Waals surface area contributed by atoms with Crippen LogP contribution in [0.4, 0.5) is 0 Å². The molecule has 3 nitrogen and oxygen atoms in total. The second-order valence-electron chi connectivity index (χ2n) is 3.03. The maximum atomic E-state index is 11.1. The van der Waals surface area contributed by atoms with E-state index in [0.717, 1.165) is 0 Å². The molecule has 2 N–H and O–H groups in total. The molecule has 0 heterocycles. The van der Waals surface area contributed by atoms with E-state index in [1.54, 1.807) is 0 Å². The van der Waals surface area contributed by atoms with Crippen molar-refractivity contribution >= 4 is 17.7 Å². The fourth-order valence-electron chi connectivity index (χ4n) is 0.803. The Balaban J connectivity index is 3.77. The van der Waals surface area contributed by atoms with Crippen LogP contribution in [0.2, 0.25) is 0 Å². The molecule has 0 fully saturated rings. The van der Waals surface area contributed by atoms with Gasteiger partial charge in [0.15, 0.2) is 0 Å². The Labute approximate surface area is 77.9 Å². The summed E-state index contributed by atoms with van der Waals surface area (Å²) in [6.45, 7) is 3.96. The number of carbonyl (C=O) groups is 1. The lowest BCUT2D eigenvalue weighted by atomic mass is 10.1. The largest absolute Gasteiger partial charge is 0.394 e. The van der Waals surface area contributed by atoms with E-state index in [1.807, 2.05) is 20.1 Å². The van der Waals surface area contributed by atoms with E-state index in [2.05, 4.69) is 5.32 Å². The van der Waals surface area contributed by atoms with Crippen molar-refractivity contribution in [2.45, 2.75) is 19.9 Å². The van der Waals surface area contributed by atoms with Gasteiger partial charge < -0.3 is 10.4 Å². The predicted octanol–water partition coefficient (Wildman–Crippen LogP) is 0.482. The highest BCUT2D eigenvalue weighted by Crippen LogP contribution is 2.01. The molecule has 72 valence electrons. The number of carbonyl (C=O) groups excluding carboxylic acids is 1. The average Bonchev–Trinajstić information content (AvgIpc) is 2.00. The van der Waals surface area contributed by atoms with Crippen LogP contribution < -0.4 is 5.32 Å². The lowest BCUT2D eigenvalue weighted by molar-refractivity contribution is -0.119. The summed E-state index contributed by atoms with van der Waals surface area (Å²) < 4.78 is 0. The van der Waals surface area contributed by atoms with E-state index in [4.69, 9.17) is 5.11 Å². The highest BCUT2D eigenvalue weighted by atomic mass is 32.2. The van der Waals surface area contributed by atoms with Crippen LogP contribution in [0.3, 0.4) is 0 Å². The topological polar surface area (TPSA) is 49.3 Å². The molecule has 0 saturated carbocycles. The van der Waals surface area contributed by atoms with Gasteiger partial charge in [0.25, 0.3) is 0 Å². The van der Waals surface area contributed by atoms with Crippen molar-refractivity contribution in [3.8, 4) is 0 Å². The number of hydrogen-bond donors (Lipinski definition) is 2. The lowest BCUT2D eigenvalue weighted by Crippen LogP contribution is -2.41. The molecule has 0 aliphatic rings. The lowest BCUT2D eigenvalue weighted by Gasteiger charge is -2.19. The molecule has 1 atom stereocenters. The first kappa shape index (κ1) is 11.8. The Kier molecular flexibility index (Phi) is 6.20. The zero-order valence-electron chi connectivity index (χ0n) is 7.83. The maximum Gasteiger partial charge on any atom is 0.230 e. The van der Waals surface area contributed by atoms with E-state index in [9.17, 15) is 4.79 Å². The van der Waals surface area contributed by atoms with E-state index in [1.165, 1.54) is 11.8 Å². The second-order valence-corrected chi connectivity index (χ2v) is 3.90. The van der Waals surface area contributed by atoms with Crippen molar-refractivity contribution in [2.24, 2.45) is 5.92 Å². The van der Waals surface area contributed by atoms with E-state index in [0.29, 0.717) is 5.75 Å². The van der Waals surface area contributed by atoms with Crippen LogP contribution in [-0.2, 0) is 4.79 Å². The minimum absolute atomic E-state index is 0.00440. The molecule has 12 heavy (non-hydrogen) atoms. The van der Waals surface area contributed by atoms with Gasteiger partial charge in [0.05, 0.1) is 18.4 Å². The second kappa shape index (κ2) is 6.31. The molecule has 1 amide bonds. The molecule has 0 bridgehead atoms. The Bertz CT molecular complexity index is 139. The third-order valence-corrected chi connectivity index (χ3v) is 2.17. The molecule has 1 unspecified atom stereocenters. The molecule has 0 aliphatic heterocycles. The third kappa shape index (κ3) is 4.62. The van der Waals surface area contributed by atoms with Crippen molar-refractivity contribution in [1.82, 2.24) is 5.32 Å². The minimum Gasteiger partial charge on any atom is -0.394 e. The smallest absolute Gasteiger partial charge is 0.230 e. The first-order valence-corrected chi connectivity index (χ1v) is 5.40. The van der Waals surface area contributed by atoms with Crippen molar-refractivity contribution in [3.05, 3.63) is 0 Å². The molecular formula is C8H17NO2S. The van der Waals surface area contributed by atoms with Gasteiger partial charge >= 0.3 is 0 Å². The van der Waals surface area contributed by atoms with Crippen LogP contribution in [0, 0.1) is 5.92 Å². The summed E-state index contributed by atoms with van der Waals surface area (Å²) in [6, 6.07) is -0.107. The standard InChI is InChI=1S/C8H17NO2S/c1-6(2)7(4-10)9-8(11)5-12-3/h6-7,10H,4-5H2,1-3H3,(H,9,11). The fraction of sp³-hybridized carbons (Fsp3) is 0.875. The molecule has 0 saturated heterocycles. The molecular weight excluding hydrogens is 174 g/mol. The zero-order chi connectivity index (χ0) is 9.56. The van der Waals surface area contributed by atoms with Crippen LogP contribution in [0.1, 0.15) is 13.8 Å². The number of rotatable bonds is 5. The summed E-state index contributed by atoms with van der Waals surface area (Å²) in [5.74, 6) is 0.736. The summed E-state index contributed by atoms with van der Waals surface area (Å²) in [5, 5.41) is 11.6. The van der Waals surface area contributed by atoms with Gasteiger partial charge in [0.2, 0.25) is 5.91 Å². The number of aliphatic hydroxyl groups excluding tert-OH is 1. The van der Waals surface area contributed by atoms with Gasteiger partial charge in [-0.1, -0.05) is 13.8 Å². The van der Waals surface area contributed by atoms with Crippen molar-refractivity contribution in [1.29, 1.82) is 0 Å². The Hall–Kier alpha value is -0.220. The quantitative estimate of drug-likeness (QED) is 0.664. The summed E-state index contributed by atoms with van der Waals surface area (Å²) >= 11 is 1.48. The number of aliphatic hydroxyl groups is 1. The highest BCUT2D eigenvalue weighted by Gasteiger charge is 2.13. The van der Waals surface area contributed by atoms with Gasteiger partial charge in [-0.3, -0.25) is 4.79 Å². The monoisotopic (exact) mass is 191 g/mol. The minimum atomic E-state index is -0.107. The predicted molar refractivity (Wildman–Crippen MR) is 52.2 cm³/mol. The third-order valence-electron chi connectivity index (χ3n) is 1.62. The van der Waals surface area contributed by atoms with Gasteiger partial charge in [-0.2, -0.15) is 11.8 Å². The highest BCUT2D eigenvalue weighted by molar-refractivity contribution is 7.99. The molecule has 0 aromatic rings. The summed E-state index contributed by atoms with van der Waals surface area (Å²) in [7, 11) is 0. The van der Waals surface area contributed by atoms with E-state index >= 15 is 0 Å². The van der Waals surface area contributed by atoms with E-state index in [-0.39, 0.29) is 24.5 Å².